The zero-order valence-electron chi connectivity index (χ0n) is 12.7. The molecule has 0 spiro atoms. The summed E-state index contributed by atoms with van der Waals surface area (Å²) in [5.41, 5.74) is 4.06. The first-order chi connectivity index (χ1) is 9.95. The third-order valence-electron chi connectivity index (χ3n) is 3.17. The van der Waals surface area contributed by atoms with Crippen LogP contribution in [0.3, 0.4) is 0 Å². The van der Waals surface area contributed by atoms with Crippen LogP contribution in [0, 0.1) is 27.7 Å². The minimum atomic E-state index is -0.0254. The third kappa shape index (κ3) is 4.29. The smallest absolute Gasteiger partial charge is 0.234 e. The van der Waals surface area contributed by atoms with Gasteiger partial charge >= 0.3 is 0 Å². The van der Waals surface area contributed by atoms with Gasteiger partial charge in [-0.3, -0.25) is 4.79 Å². The van der Waals surface area contributed by atoms with Crippen molar-refractivity contribution in [2.75, 3.05) is 11.1 Å². The van der Waals surface area contributed by atoms with Gasteiger partial charge in [0.15, 0.2) is 0 Å². The largest absolute Gasteiger partial charge is 0.325 e. The maximum absolute atomic E-state index is 12.0. The van der Waals surface area contributed by atoms with Gasteiger partial charge in [0.05, 0.1) is 5.75 Å². The first-order valence-electron chi connectivity index (χ1n) is 6.77. The van der Waals surface area contributed by atoms with Crippen LogP contribution in [0.25, 0.3) is 0 Å². The van der Waals surface area contributed by atoms with Gasteiger partial charge in [-0.2, -0.15) is 0 Å². The summed E-state index contributed by atoms with van der Waals surface area (Å²) in [6, 6.07) is 7.79. The first kappa shape index (κ1) is 15.5. The number of carbonyl (C=O) groups excluding carboxylic acids is 1. The second-order valence-electron chi connectivity index (χ2n) is 4.98. The summed E-state index contributed by atoms with van der Waals surface area (Å²) in [6.07, 6.45) is 0. The van der Waals surface area contributed by atoms with Gasteiger partial charge in [-0.15, -0.1) is 0 Å². The van der Waals surface area contributed by atoms with Crippen molar-refractivity contribution >= 4 is 23.4 Å². The molecule has 1 aromatic heterocycles. The molecule has 0 saturated heterocycles. The zero-order chi connectivity index (χ0) is 15.4. The monoisotopic (exact) mass is 301 g/mol. The van der Waals surface area contributed by atoms with Crippen LogP contribution in [0.1, 0.15) is 22.6 Å². The fourth-order valence-corrected chi connectivity index (χ4v) is 2.77. The summed E-state index contributed by atoms with van der Waals surface area (Å²) in [5.74, 6) is 1.04. The Morgan fingerprint density at radius 3 is 2.67 bits per heavy atom. The van der Waals surface area contributed by atoms with E-state index in [2.05, 4.69) is 15.3 Å². The predicted molar refractivity (Wildman–Crippen MR) is 86.8 cm³/mol. The van der Waals surface area contributed by atoms with E-state index in [1.54, 1.807) is 0 Å². The Morgan fingerprint density at radius 1 is 1.19 bits per heavy atom. The molecule has 0 saturated carbocycles. The molecule has 2 rings (SSSR count). The molecule has 0 aliphatic rings. The van der Waals surface area contributed by atoms with Gasteiger partial charge in [-0.1, -0.05) is 23.9 Å². The number of hydrogen-bond acceptors (Lipinski definition) is 4. The van der Waals surface area contributed by atoms with Crippen molar-refractivity contribution < 1.29 is 4.79 Å². The maximum atomic E-state index is 12.0. The SMILES string of the molecule is Cc1cc(SCC(=O)Nc2cccc(C)c2C)nc(C)n1. The highest BCUT2D eigenvalue weighted by Crippen LogP contribution is 2.20. The fourth-order valence-electron chi connectivity index (χ4n) is 1.97. The zero-order valence-corrected chi connectivity index (χ0v) is 13.5. The van der Waals surface area contributed by atoms with E-state index in [9.17, 15) is 4.79 Å². The third-order valence-corrected chi connectivity index (χ3v) is 4.08. The van der Waals surface area contributed by atoms with Crippen LogP contribution < -0.4 is 5.32 Å². The van der Waals surface area contributed by atoms with E-state index in [0.29, 0.717) is 5.75 Å². The molecule has 110 valence electrons. The van der Waals surface area contributed by atoms with Crippen LogP contribution >= 0.6 is 11.8 Å². The van der Waals surface area contributed by atoms with Crippen molar-refractivity contribution in [1.29, 1.82) is 0 Å². The molecule has 2 aromatic rings. The Kier molecular flexibility index (Phi) is 4.96. The van der Waals surface area contributed by atoms with Crippen molar-refractivity contribution in [2.45, 2.75) is 32.7 Å². The number of aromatic nitrogens is 2. The van der Waals surface area contributed by atoms with Crippen LogP contribution in [-0.2, 0) is 4.79 Å². The minimum Gasteiger partial charge on any atom is -0.325 e. The number of carbonyl (C=O) groups is 1. The lowest BCUT2D eigenvalue weighted by Gasteiger charge is -2.10. The molecule has 1 heterocycles. The summed E-state index contributed by atoms with van der Waals surface area (Å²) in [4.78, 5) is 20.6. The molecule has 0 unspecified atom stereocenters. The van der Waals surface area contributed by atoms with Gasteiger partial charge in [0, 0.05) is 11.4 Å². The van der Waals surface area contributed by atoms with Crippen LogP contribution in [0.2, 0.25) is 0 Å². The molecule has 5 heteroatoms. The molecule has 21 heavy (non-hydrogen) atoms. The van der Waals surface area contributed by atoms with Gasteiger partial charge in [-0.25, -0.2) is 9.97 Å². The minimum absolute atomic E-state index is 0.0254. The van der Waals surface area contributed by atoms with E-state index in [0.717, 1.165) is 27.8 Å². The Bertz CT molecular complexity index is 650. The summed E-state index contributed by atoms with van der Waals surface area (Å²) in [5, 5.41) is 3.78. The standard InChI is InChI=1S/C16H19N3OS/c1-10-6-5-7-14(12(10)3)19-15(20)9-21-16-8-11(2)17-13(4)18-16/h5-8H,9H2,1-4H3,(H,19,20). The van der Waals surface area contributed by atoms with Gasteiger partial charge in [-0.05, 0) is 51.0 Å². The number of rotatable bonds is 4. The molecule has 0 aliphatic heterocycles. The molecule has 4 nitrogen and oxygen atoms in total. The van der Waals surface area contributed by atoms with E-state index < -0.39 is 0 Å². The summed E-state index contributed by atoms with van der Waals surface area (Å²) in [6.45, 7) is 7.82. The predicted octanol–water partition coefficient (Wildman–Crippen LogP) is 3.44. The molecule has 1 amide bonds. The van der Waals surface area contributed by atoms with E-state index >= 15 is 0 Å². The van der Waals surface area contributed by atoms with Crippen molar-refractivity contribution in [2.24, 2.45) is 0 Å². The number of aryl methyl sites for hydroxylation is 3. The van der Waals surface area contributed by atoms with Crippen LogP contribution in [0.15, 0.2) is 29.3 Å². The first-order valence-corrected chi connectivity index (χ1v) is 7.75. The van der Waals surface area contributed by atoms with Gasteiger partial charge in [0.25, 0.3) is 0 Å². The highest BCUT2D eigenvalue weighted by atomic mass is 32.2. The van der Waals surface area contributed by atoms with Crippen LogP contribution in [0.5, 0.6) is 0 Å². The fraction of sp³-hybridized carbons (Fsp3) is 0.312. The number of anilines is 1. The molecular weight excluding hydrogens is 282 g/mol. The maximum Gasteiger partial charge on any atom is 0.234 e. The molecule has 0 fully saturated rings. The number of amides is 1. The Morgan fingerprint density at radius 2 is 1.95 bits per heavy atom. The van der Waals surface area contributed by atoms with E-state index in [4.69, 9.17) is 0 Å². The van der Waals surface area contributed by atoms with Crippen molar-refractivity contribution in [3.63, 3.8) is 0 Å². The van der Waals surface area contributed by atoms with Crippen molar-refractivity contribution in [3.05, 3.63) is 46.9 Å². The summed E-state index contributed by atoms with van der Waals surface area (Å²) >= 11 is 1.42. The topological polar surface area (TPSA) is 54.9 Å². The number of thioether (sulfide) groups is 1. The van der Waals surface area contributed by atoms with Gasteiger partial charge in [0.2, 0.25) is 5.91 Å². The molecule has 0 radical (unpaired) electrons. The van der Waals surface area contributed by atoms with E-state index in [1.807, 2.05) is 52.0 Å². The van der Waals surface area contributed by atoms with Gasteiger partial charge < -0.3 is 5.32 Å². The number of nitrogens with one attached hydrogen (secondary N) is 1. The summed E-state index contributed by atoms with van der Waals surface area (Å²) in [7, 11) is 0. The Labute approximate surface area is 129 Å². The molecular formula is C16H19N3OS. The summed E-state index contributed by atoms with van der Waals surface area (Å²) < 4.78 is 0. The Hall–Kier alpha value is -1.88. The Balaban J connectivity index is 1.97. The number of nitrogens with zero attached hydrogens (tertiary/aromatic N) is 2. The highest BCUT2D eigenvalue weighted by Gasteiger charge is 2.08. The lowest BCUT2D eigenvalue weighted by atomic mass is 10.1. The highest BCUT2D eigenvalue weighted by molar-refractivity contribution is 7.99. The van der Waals surface area contributed by atoms with Crippen molar-refractivity contribution in [3.8, 4) is 0 Å². The molecule has 1 aromatic carbocycles. The molecule has 0 atom stereocenters. The second kappa shape index (κ2) is 6.72. The second-order valence-corrected chi connectivity index (χ2v) is 5.97. The van der Waals surface area contributed by atoms with Gasteiger partial charge in [0.1, 0.15) is 10.9 Å². The lowest BCUT2D eigenvalue weighted by molar-refractivity contribution is -0.113. The van der Waals surface area contributed by atoms with Crippen molar-refractivity contribution in [1.82, 2.24) is 9.97 Å². The molecule has 0 aliphatic carbocycles. The number of benzene rings is 1. The lowest BCUT2D eigenvalue weighted by Crippen LogP contribution is -2.15. The number of hydrogen-bond donors (Lipinski definition) is 1. The normalized spacial score (nSPS) is 10.5. The molecule has 1 N–H and O–H groups in total. The van der Waals surface area contributed by atoms with Crippen LogP contribution in [-0.4, -0.2) is 21.6 Å². The average Bonchev–Trinajstić information content (AvgIpc) is 2.41. The van der Waals surface area contributed by atoms with E-state index in [-0.39, 0.29) is 5.91 Å². The van der Waals surface area contributed by atoms with E-state index in [1.165, 1.54) is 17.3 Å². The quantitative estimate of drug-likeness (QED) is 0.694. The average molecular weight is 301 g/mol. The molecule has 0 bridgehead atoms. The van der Waals surface area contributed by atoms with Crippen LogP contribution in [0.4, 0.5) is 5.69 Å².